The number of rotatable bonds is 8. The largest absolute Gasteiger partial charge is 0.493 e. The predicted octanol–water partition coefficient (Wildman–Crippen LogP) is 7.02. The fourth-order valence-corrected chi connectivity index (χ4v) is 6.32. The number of methoxy groups -OCH3 is 1. The van der Waals surface area contributed by atoms with Gasteiger partial charge in [0.05, 0.1) is 34.5 Å². The van der Waals surface area contributed by atoms with Crippen LogP contribution in [0.15, 0.2) is 94.6 Å². The molecule has 0 aliphatic heterocycles. The molecule has 5 rings (SSSR count). The molecule has 0 radical (unpaired) electrons. The third-order valence-electron chi connectivity index (χ3n) is 5.71. The first kappa shape index (κ1) is 26.1. The summed E-state index contributed by atoms with van der Waals surface area (Å²) in [7, 11) is -2.55. The number of sulfonamides is 1. The minimum atomic E-state index is -4.07. The zero-order valence-electron chi connectivity index (χ0n) is 19.9. The summed E-state index contributed by atoms with van der Waals surface area (Å²) < 4.78 is 42.7. The molecule has 0 unspecified atom stereocenters. The van der Waals surface area contributed by atoms with Gasteiger partial charge in [0, 0.05) is 10.0 Å². The minimum absolute atomic E-state index is 0.0145. The molecule has 0 amide bonds. The second-order valence-electron chi connectivity index (χ2n) is 8.17. The average molecular weight is 588 g/mol. The van der Waals surface area contributed by atoms with Gasteiger partial charge < -0.3 is 9.47 Å². The number of thiazole rings is 1. The highest BCUT2D eigenvalue weighted by Crippen LogP contribution is 2.37. The van der Waals surface area contributed by atoms with Crippen LogP contribution in [0, 0.1) is 0 Å². The lowest BCUT2D eigenvalue weighted by atomic mass is 10.2. The maximum Gasteiger partial charge on any atom is 0.308 e. The molecular formula is C27H20Cl2N2O5S2. The van der Waals surface area contributed by atoms with Gasteiger partial charge in [-0.25, -0.2) is 8.42 Å². The van der Waals surface area contributed by atoms with Crippen molar-refractivity contribution in [2.75, 3.05) is 11.8 Å². The Kier molecular flexibility index (Phi) is 7.36. The highest BCUT2D eigenvalue weighted by Gasteiger charge is 2.20. The standard InChI is InChI=1S/C27H20Cl2N2O5S2/c1-35-24-8-4-5-9-25(24)36-23-13-10-18(28)14-21(23)30-38(33,34)19-11-12-22-26(15-19)37-27(32)31(22)16-17-6-2-3-7-20(17)29/h2-15,30H,16H2,1H3. The van der Waals surface area contributed by atoms with E-state index in [-0.39, 0.29) is 27.8 Å². The summed E-state index contributed by atoms with van der Waals surface area (Å²) in [5, 5.41) is 0.871. The minimum Gasteiger partial charge on any atom is -0.493 e. The van der Waals surface area contributed by atoms with E-state index in [0.29, 0.717) is 31.8 Å². The molecule has 0 spiro atoms. The molecule has 11 heteroatoms. The molecule has 1 heterocycles. The van der Waals surface area contributed by atoms with Gasteiger partial charge in [-0.2, -0.15) is 0 Å². The van der Waals surface area contributed by atoms with Crippen molar-refractivity contribution < 1.29 is 17.9 Å². The summed E-state index contributed by atoms with van der Waals surface area (Å²) in [5.74, 6) is 1.13. The topological polar surface area (TPSA) is 86.6 Å². The number of para-hydroxylation sites is 2. The molecule has 0 saturated heterocycles. The Balaban J connectivity index is 1.47. The number of fused-ring (bicyclic) bond motifs is 1. The highest BCUT2D eigenvalue weighted by atomic mass is 35.5. The van der Waals surface area contributed by atoms with Gasteiger partial charge in [0.2, 0.25) is 0 Å². The van der Waals surface area contributed by atoms with E-state index in [4.69, 9.17) is 32.7 Å². The van der Waals surface area contributed by atoms with Crippen molar-refractivity contribution in [3.05, 3.63) is 110 Å². The Morgan fingerprint density at radius 2 is 1.63 bits per heavy atom. The third-order valence-corrected chi connectivity index (χ3v) is 8.62. The highest BCUT2D eigenvalue weighted by molar-refractivity contribution is 7.92. The van der Waals surface area contributed by atoms with E-state index in [1.165, 1.54) is 25.3 Å². The summed E-state index contributed by atoms with van der Waals surface area (Å²) in [6.07, 6.45) is 0. The van der Waals surface area contributed by atoms with Crippen molar-refractivity contribution in [3.63, 3.8) is 0 Å². The number of halogens is 2. The van der Waals surface area contributed by atoms with Crippen LogP contribution in [0.5, 0.6) is 17.2 Å². The molecule has 0 atom stereocenters. The first-order valence-corrected chi connectivity index (χ1v) is 14.3. The summed E-state index contributed by atoms with van der Waals surface area (Å²) in [6.45, 7) is 0.273. The number of anilines is 1. The Morgan fingerprint density at radius 1 is 0.895 bits per heavy atom. The molecule has 0 fully saturated rings. The van der Waals surface area contributed by atoms with Crippen molar-refractivity contribution in [3.8, 4) is 17.2 Å². The Hall–Kier alpha value is -3.50. The molecule has 1 N–H and O–H groups in total. The van der Waals surface area contributed by atoms with Crippen LogP contribution in [-0.4, -0.2) is 20.1 Å². The second kappa shape index (κ2) is 10.7. The number of ether oxygens (including phenoxy) is 2. The van der Waals surface area contributed by atoms with Crippen molar-refractivity contribution in [1.29, 1.82) is 0 Å². The third kappa shape index (κ3) is 5.37. The molecule has 194 valence electrons. The molecule has 38 heavy (non-hydrogen) atoms. The van der Waals surface area contributed by atoms with E-state index >= 15 is 0 Å². The number of hydrogen-bond donors (Lipinski definition) is 1. The zero-order valence-corrected chi connectivity index (χ0v) is 23.0. The van der Waals surface area contributed by atoms with Gasteiger partial charge in [-0.1, -0.05) is 64.9 Å². The molecule has 0 aliphatic carbocycles. The van der Waals surface area contributed by atoms with Crippen LogP contribution in [0.25, 0.3) is 10.2 Å². The quantitative estimate of drug-likeness (QED) is 0.211. The molecule has 0 saturated carbocycles. The van der Waals surface area contributed by atoms with E-state index in [1.54, 1.807) is 53.1 Å². The average Bonchev–Trinajstić information content (AvgIpc) is 3.21. The normalized spacial score (nSPS) is 11.4. The summed E-state index contributed by atoms with van der Waals surface area (Å²) in [6, 6.07) is 23.4. The van der Waals surface area contributed by atoms with E-state index in [2.05, 4.69) is 4.72 Å². The second-order valence-corrected chi connectivity index (χ2v) is 11.7. The number of benzene rings is 4. The van der Waals surface area contributed by atoms with Crippen LogP contribution < -0.4 is 19.1 Å². The number of nitrogens with one attached hydrogen (secondary N) is 1. The van der Waals surface area contributed by atoms with Gasteiger partial charge in [-0.3, -0.25) is 14.1 Å². The van der Waals surface area contributed by atoms with Crippen LogP contribution in [0.2, 0.25) is 10.0 Å². The van der Waals surface area contributed by atoms with Crippen LogP contribution in [0.3, 0.4) is 0 Å². The van der Waals surface area contributed by atoms with Crippen molar-refractivity contribution in [2.45, 2.75) is 11.4 Å². The van der Waals surface area contributed by atoms with E-state index in [1.807, 2.05) is 18.2 Å². The number of aromatic nitrogens is 1. The SMILES string of the molecule is COc1ccccc1Oc1ccc(Cl)cc1NS(=O)(=O)c1ccc2c(c1)sc(=O)n2Cc1ccccc1Cl. The smallest absolute Gasteiger partial charge is 0.308 e. The Morgan fingerprint density at radius 3 is 2.39 bits per heavy atom. The lowest BCUT2D eigenvalue weighted by molar-refractivity contribution is 0.379. The molecule has 0 aliphatic rings. The van der Waals surface area contributed by atoms with E-state index in [0.717, 1.165) is 16.9 Å². The van der Waals surface area contributed by atoms with Gasteiger partial charge in [0.1, 0.15) is 0 Å². The van der Waals surface area contributed by atoms with Gasteiger partial charge in [-0.05, 0) is 60.2 Å². The van der Waals surface area contributed by atoms with Gasteiger partial charge in [0.25, 0.3) is 10.0 Å². The van der Waals surface area contributed by atoms with Crippen molar-refractivity contribution in [2.24, 2.45) is 0 Å². The molecule has 4 aromatic carbocycles. The monoisotopic (exact) mass is 586 g/mol. The van der Waals surface area contributed by atoms with Crippen LogP contribution in [0.1, 0.15) is 5.56 Å². The lowest BCUT2D eigenvalue weighted by Crippen LogP contribution is -2.14. The summed E-state index contributed by atoms with van der Waals surface area (Å²) in [5.41, 5.74) is 1.55. The fourth-order valence-electron chi connectivity index (χ4n) is 3.86. The Bertz CT molecular complexity index is 1820. The van der Waals surface area contributed by atoms with Gasteiger partial charge in [-0.15, -0.1) is 0 Å². The van der Waals surface area contributed by atoms with Crippen LogP contribution >= 0.6 is 34.5 Å². The Labute approximate surface area is 232 Å². The van der Waals surface area contributed by atoms with Crippen molar-refractivity contribution in [1.82, 2.24) is 4.57 Å². The first-order valence-electron chi connectivity index (χ1n) is 11.3. The maximum atomic E-state index is 13.4. The lowest BCUT2D eigenvalue weighted by Gasteiger charge is -2.15. The zero-order chi connectivity index (χ0) is 26.9. The van der Waals surface area contributed by atoms with Crippen molar-refractivity contribution >= 4 is 60.5 Å². The molecule has 1 aromatic heterocycles. The van der Waals surface area contributed by atoms with E-state index < -0.39 is 10.0 Å². The predicted molar refractivity (Wildman–Crippen MR) is 152 cm³/mol. The summed E-state index contributed by atoms with van der Waals surface area (Å²) in [4.78, 5) is 12.5. The maximum absolute atomic E-state index is 13.4. The van der Waals surface area contributed by atoms with E-state index in [9.17, 15) is 13.2 Å². The fraction of sp³-hybridized carbons (Fsp3) is 0.0741. The van der Waals surface area contributed by atoms with Gasteiger partial charge >= 0.3 is 4.87 Å². The molecule has 0 bridgehead atoms. The number of hydrogen-bond acceptors (Lipinski definition) is 6. The van der Waals surface area contributed by atoms with Crippen LogP contribution in [0.4, 0.5) is 5.69 Å². The first-order chi connectivity index (χ1) is 18.2. The van der Waals surface area contributed by atoms with Crippen LogP contribution in [-0.2, 0) is 16.6 Å². The van der Waals surface area contributed by atoms with Gasteiger partial charge in [0.15, 0.2) is 17.2 Å². The number of nitrogens with zero attached hydrogens (tertiary/aromatic N) is 1. The summed E-state index contributed by atoms with van der Waals surface area (Å²) >= 11 is 13.4. The molecular weight excluding hydrogens is 567 g/mol. The molecule has 5 aromatic rings. The molecule has 7 nitrogen and oxygen atoms in total.